The van der Waals surface area contributed by atoms with E-state index in [4.69, 9.17) is 0 Å². The van der Waals surface area contributed by atoms with Gasteiger partial charge in [-0.25, -0.2) is 0 Å². The van der Waals surface area contributed by atoms with Crippen molar-refractivity contribution in [1.82, 2.24) is 0 Å². The van der Waals surface area contributed by atoms with Crippen LogP contribution in [-0.2, 0) is 6.42 Å². The molecule has 1 heteroatoms. The van der Waals surface area contributed by atoms with Gasteiger partial charge in [0.15, 0.2) is 0 Å². The predicted octanol–water partition coefficient (Wildman–Crippen LogP) is 5.31. The first kappa shape index (κ1) is 14.0. The van der Waals surface area contributed by atoms with Crippen molar-refractivity contribution >= 4 is 11.8 Å². The Labute approximate surface area is 120 Å². The summed E-state index contributed by atoms with van der Waals surface area (Å²) in [6.07, 6.45) is 3.05. The summed E-state index contributed by atoms with van der Waals surface area (Å²) in [7, 11) is 0. The highest BCUT2D eigenvalue weighted by atomic mass is 32.2. The molecule has 0 N–H and O–H groups in total. The van der Waals surface area contributed by atoms with Crippen LogP contribution < -0.4 is 0 Å². The molecule has 0 spiro atoms. The third-order valence-corrected chi connectivity index (χ3v) is 4.25. The fourth-order valence-corrected chi connectivity index (χ4v) is 2.55. The Morgan fingerprint density at radius 1 is 1.05 bits per heavy atom. The summed E-state index contributed by atoms with van der Waals surface area (Å²) in [5, 5.41) is 0. The Morgan fingerprint density at radius 3 is 2.26 bits per heavy atom. The van der Waals surface area contributed by atoms with Crippen molar-refractivity contribution in [2.75, 3.05) is 6.26 Å². The average molecular weight is 268 g/mol. The highest BCUT2D eigenvalue weighted by molar-refractivity contribution is 7.98. The van der Waals surface area contributed by atoms with Crippen LogP contribution in [0.15, 0.2) is 71.6 Å². The fourth-order valence-electron chi connectivity index (χ4n) is 2.14. The molecule has 19 heavy (non-hydrogen) atoms. The number of benzene rings is 2. The maximum atomic E-state index is 4.26. The minimum absolute atomic E-state index is 0.399. The number of allylic oxidation sites excluding steroid dienone is 1. The van der Waals surface area contributed by atoms with Gasteiger partial charge < -0.3 is 0 Å². The van der Waals surface area contributed by atoms with Crippen LogP contribution in [0.1, 0.15) is 24.0 Å². The van der Waals surface area contributed by atoms with E-state index in [1.165, 1.54) is 21.6 Å². The zero-order valence-corrected chi connectivity index (χ0v) is 12.4. The molecule has 1 atom stereocenters. The molecule has 1 unspecified atom stereocenters. The third kappa shape index (κ3) is 3.74. The molecule has 0 heterocycles. The third-order valence-electron chi connectivity index (χ3n) is 3.50. The summed E-state index contributed by atoms with van der Waals surface area (Å²) < 4.78 is 0. The maximum Gasteiger partial charge on any atom is 0.00693 e. The van der Waals surface area contributed by atoms with Crippen LogP contribution in [0.4, 0.5) is 0 Å². The van der Waals surface area contributed by atoms with Crippen molar-refractivity contribution in [2.45, 2.75) is 24.2 Å². The van der Waals surface area contributed by atoms with Crippen LogP contribution in [0.25, 0.3) is 0 Å². The SMILES string of the molecule is C=C(Cc1ccccc1)C(C)c1ccc(SC)cc1. The van der Waals surface area contributed by atoms with Crippen LogP contribution in [0, 0.1) is 0 Å². The normalized spacial score (nSPS) is 12.1. The molecule has 2 rings (SSSR count). The minimum atomic E-state index is 0.399. The van der Waals surface area contributed by atoms with E-state index in [2.05, 4.69) is 74.4 Å². The van der Waals surface area contributed by atoms with Gasteiger partial charge in [0.25, 0.3) is 0 Å². The molecule has 2 aromatic carbocycles. The molecular formula is C18H20S. The molecule has 98 valence electrons. The first-order chi connectivity index (χ1) is 9.20. The van der Waals surface area contributed by atoms with E-state index in [9.17, 15) is 0 Å². The van der Waals surface area contributed by atoms with Crippen molar-refractivity contribution in [1.29, 1.82) is 0 Å². The molecule has 0 fully saturated rings. The summed E-state index contributed by atoms with van der Waals surface area (Å²) in [6.45, 7) is 6.50. The molecule has 0 aliphatic rings. The molecule has 0 aliphatic carbocycles. The average Bonchev–Trinajstić information content (AvgIpc) is 2.47. The lowest BCUT2D eigenvalue weighted by atomic mass is 9.90. The Morgan fingerprint density at radius 2 is 1.68 bits per heavy atom. The molecule has 2 aromatic rings. The Bertz CT molecular complexity index is 525. The van der Waals surface area contributed by atoms with Gasteiger partial charge in [-0.3, -0.25) is 0 Å². The van der Waals surface area contributed by atoms with Gasteiger partial charge >= 0.3 is 0 Å². The minimum Gasteiger partial charge on any atom is -0.130 e. The molecule has 0 bridgehead atoms. The molecule has 0 radical (unpaired) electrons. The quantitative estimate of drug-likeness (QED) is 0.523. The van der Waals surface area contributed by atoms with E-state index < -0.39 is 0 Å². The van der Waals surface area contributed by atoms with Crippen LogP contribution in [0.3, 0.4) is 0 Å². The molecular weight excluding hydrogens is 248 g/mol. The van der Waals surface area contributed by atoms with E-state index in [0.717, 1.165) is 6.42 Å². The monoisotopic (exact) mass is 268 g/mol. The van der Waals surface area contributed by atoms with Gasteiger partial charge in [-0.15, -0.1) is 11.8 Å². The molecule has 0 aliphatic heterocycles. The van der Waals surface area contributed by atoms with Gasteiger partial charge in [-0.2, -0.15) is 0 Å². The second-order valence-corrected chi connectivity index (χ2v) is 5.70. The lowest BCUT2D eigenvalue weighted by Gasteiger charge is -2.16. The summed E-state index contributed by atoms with van der Waals surface area (Å²) in [4.78, 5) is 1.31. The first-order valence-electron chi connectivity index (χ1n) is 6.56. The second-order valence-electron chi connectivity index (χ2n) is 4.82. The Hall–Kier alpha value is -1.47. The van der Waals surface area contributed by atoms with E-state index in [0.29, 0.717) is 5.92 Å². The summed E-state index contributed by atoms with van der Waals surface area (Å²) in [5.74, 6) is 0.399. The topological polar surface area (TPSA) is 0 Å². The summed E-state index contributed by atoms with van der Waals surface area (Å²) >= 11 is 1.78. The van der Waals surface area contributed by atoms with Crippen LogP contribution >= 0.6 is 11.8 Å². The van der Waals surface area contributed by atoms with Crippen molar-refractivity contribution in [3.8, 4) is 0 Å². The lowest BCUT2D eigenvalue weighted by Crippen LogP contribution is -2.00. The van der Waals surface area contributed by atoms with E-state index in [-0.39, 0.29) is 0 Å². The van der Waals surface area contributed by atoms with Crippen molar-refractivity contribution < 1.29 is 0 Å². The zero-order chi connectivity index (χ0) is 13.7. The second kappa shape index (κ2) is 6.63. The molecule has 0 nitrogen and oxygen atoms in total. The van der Waals surface area contributed by atoms with Gasteiger partial charge in [0.05, 0.1) is 0 Å². The first-order valence-corrected chi connectivity index (χ1v) is 7.78. The van der Waals surface area contributed by atoms with Gasteiger partial charge in [-0.05, 0) is 35.9 Å². The summed E-state index contributed by atoms with van der Waals surface area (Å²) in [6, 6.07) is 19.3. The van der Waals surface area contributed by atoms with Crippen molar-refractivity contribution in [2.24, 2.45) is 0 Å². The van der Waals surface area contributed by atoms with Gasteiger partial charge in [0.1, 0.15) is 0 Å². The van der Waals surface area contributed by atoms with Crippen LogP contribution in [-0.4, -0.2) is 6.26 Å². The maximum absolute atomic E-state index is 4.26. The number of hydrogen-bond acceptors (Lipinski definition) is 1. The molecule has 0 saturated heterocycles. The number of rotatable bonds is 5. The fraction of sp³-hybridized carbons (Fsp3) is 0.222. The van der Waals surface area contributed by atoms with Gasteiger partial charge in [0, 0.05) is 10.8 Å². The number of hydrogen-bond donors (Lipinski definition) is 0. The molecule has 0 saturated carbocycles. The van der Waals surface area contributed by atoms with E-state index in [1.54, 1.807) is 11.8 Å². The standard InChI is InChI=1S/C18H20S/c1-14(13-16-7-5-4-6-8-16)15(2)17-9-11-18(19-3)12-10-17/h4-12,15H,1,13H2,2-3H3. The van der Waals surface area contributed by atoms with Gasteiger partial charge in [-0.1, -0.05) is 61.5 Å². The highest BCUT2D eigenvalue weighted by Crippen LogP contribution is 2.27. The van der Waals surface area contributed by atoms with E-state index in [1.807, 2.05) is 0 Å². The summed E-state index contributed by atoms with van der Waals surface area (Å²) in [5.41, 5.74) is 3.95. The van der Waals surface area contributed by atoms with Crippen LogP contribution in [0.5, 0.6) is 0 Å². The highest BCUT2D eigenvalue weighted by Gasteiger charge is 2.10. The molecule has 0 amide bonds. The Kier molecular flexibility index (Phi) is 4.86. The zero-order valence-electron chi connectivity index (χ0n) is 11.6. The van der Waals surface area contributed by atoms with Crippen molar-refractivity contribution in [3.05, 3.63) is 77.9 Å². The Balaban J connectivity index is 2.06. The smallest absolute Gasteiger partial charge is 0.00693 e. The van der Waals surface area contributed by atoms with E-state index >= 15 is 0 Å². The van der Waals surface area contributed by atoms with Crippen LogP contribution in [0.2, 0.25) is 0 Å². The predicted molar refractivity (Wildman–Crippen MR) is 85.9 cm³/mol. The van der Waals surface area contributed by atoms with Gasteiger partial charge in [0.2, 0.25) is 0 Å². The lowest BCUT2D eigenvalue weighted by molar-refractivity contribution is 0.855. The van der Waals surface area contributed by atoms with Crippen molar-refractivity contribution in [3.63, 3.8) is 0 Å². The number of thioether (sulfide) groups is 1. The largest absolute Gasteiger partial charge is 0.130 e. The molecule has 0 aromatic heterocycles.